The summed E-state index contributed by atoms with van der Waals surface area (Å²) < 4.78 is 28.8. The van der Waals surface area contributed by atoms with E-state index in [-0.39, 0.29) is 0 Å². The third kappa shape index (κ3) is 3.08. The summed E-state index contributed by atoms with van der Waals surface area (Å²) in [7, 11) is -3.48. The molecule has 2 aromatic rings. The average molecular weight is 306 g/mol. The molecular formula is C14H18N4O2S. The fraction of sp³-hybridized carbons (Fsp3) is 0.357. The van der Waals surface area contributed by atoms with Crippen LogP contribution in [0.5, 0.6) is 0 Å². The van der Waals surface area contributed by atoms with Crippen molar-refractivity contribution in [2.45, 2.75) is 24.8 Å². The molecule has 0 fully saturated rings. The van der Waals surface area contributed by atoms with Gasteiger partial charge in [-0.2, -0.15) is 5.10 Å². The standard InChI is InChI=1S/C14H18N4O2S/c1-11-9-16-18(10-11)7-6-17-21(19,20)13-3-2-12-4-5-15-14(12)8-13/h2-3,8-10,15,17H,4-7H2,1H3. The van der Waals surface area contributed by atoms with E-state index in [2.05, 4.69) is 15.1 Å². The maximum absolute atomic E-state index is 12.3. The van der Waals surface area contributed by atoms with E-state index in [4.69, 9.17) is 0 Å². The summed E-state index contributed by atoms with van der Waals surface area (Å²) in [6, 6.07) is 5.23. The number of benzene rings is 1. The number of anilines is 1. The maximum atomic E-state index is 12.3. The van der Waals surface area contributed by atoms with Crippen LogP contribution in [0.25, 0.3) is 0 Å². The third-order valence-corrected chi connectivity index (χ3v) is 4.96. The SMILES string of the molecule is Cc1cnn(CCNS(=O)(=O)c2ccc3c(c2)NCC3)c1. The molecule has 1 aromatic carbocycles. The molecule has 21 heavy (non-hydrogen) atoms. The van der Waals surface area contributed by atoms with Gasteiger partial charge in [0.2, 0.25) is 10.0 Å². The maximum Gasteiger partial charge on any atom is 0.240 e. The number of fused-ring (bicyclic) bond motifs is 1. The van der Waals surface area contributed by atoms with Crippen LogP contribution in [0.2, 0.25) is 0 Å². The van der Waals surface area contributed by atoms with Gasteiger partial charge in [0.05, 0.1) is 17.6 Å². The molecule has 1 aliphatic heterocycles. The fourth-order valence-corrected chi connectivity index (χ4v) is 3.45. The summed E-state index contributed by atoms with van der Waals surface area (Å²) in [4.78, 5) is 0.298. The summed E-state index contributed by atoms with van der Waals surface area (Å²) in [5.74, 6) is 0. The number of nitrogens with zero attached hydrogens (tertiary/aromatic N) is 2. The van der Waals surface area contributed by atoms with Gasteiger partial charge in [0.15, 0.2) is 0 Å². The lowest BCUT2D eigenvalue weighted by Gasteiger charge is -2.08. The van der Waals surface area contributed by atoms with Gasteiger partial charge in [-0.15, -0.1) is 0 Å². The largest absolute Gasteiger partial charge is 0.384 e. The number of sulfonamides is 1. The van der Waals surface area contributed by atoms with Crippen molar-refractivity contribution < 1.29 is 8.42 Å². The predicted molar refractivity (Wildman–Crippen MR) is 80.8 cm³/mol. The molecule has 0 amide bonds. The van der Waals surface area contributed by atoms with Gasteiger partial charge < -0.3 is 5.32 Å². The first-order valence-corrected chi connectivity index (χ1v) is 8.38. The molecule has 0 spiro atoms. The molecular weight excluding hydrogens is 288 g/mol. The van der Waals surface area contributed by atoms with Crippen LogP contribution in [0.4, 0.5) is 5.69 Å². The molecule has 112 valence electrons. The normalized spacial score (nSPS) is 14.0. The lowest BCUT2D eigenvalue weighted by molar-refractivity contribution is 0.561. The Bertz CT molecular complexity index is 752. The second-order valence-electron chi connectivity index (χ2n) is 5.17. The molecule has 2 heterocycles. The summed E-state index contributed by atoms with van der Waals surface area (Å²) in [6.45, 7) is 3.64. The van der Waals surface area contributed by atoms with Crippen LogP contribution in [0.1, 0.15) is 11.1 Å². The summed E-state index contributed by atoms with van der Waals surface area (Å²) in [5.41, 5.74) is 3.14. The number of rotatable bonds is 5. The van der Waals surface area contributed by atoms with Crippen LogP contribution in [-0.4, -0.2) is 31.3 Å². The topological polar surface area (TPSA) is 76.0 Å². The van der Waals surface area contributed by atoms with Crippen molar-refractivity contribution in [3.05, 3.63) is 41.7 Å². The van der Waals surface area contributed by atoms with Gasteiger partial charge in [0.1, 0.15) is 0 Å². The smallest absolute Gasteiger partial charge is 0.240 e. The van der Waals surface area contributed by atoms with E-state index in [1.165, 1.54) is 5.56 Å². The highest BCUT2D eigenvalue weighted by atomic mass is 32.2. The first kappa shape index (κ1) is 14.1. The molecule has 0 saturated heterocycles. The molecule has 0 radical (unpaired) electrons. The number of nitrogens with one attached hydrogen (secondary N) is 2. The molecule has 7 heteroatoms. The molecule has 0 atom stereocenters. The highest BCUT2D eigenvalue weighted by molar-refractivity contribution is 7.89. The first-order chi connectivity index (χ1) is 10.0. The average Bonchev–Trinajstić information content (AvgIpc) is 3.06. The Morgan fingerprint density at radius 2 is 2.29 bits per heavy atom. The van der Waals surface area contributed by atoms with Gasteiger partial charge in [0, 0.05) is 25.0 Å². The number of hydrogen-bond donors (Lipinski definition) is 2. The zero-order chi connectivity index (χ0) is 14.9. The van der Waals surface area contributed by atoms with E-state index < -0.39 is 10.0 Å². The van der Waals surface area contributed by atoms with Gasteiger partial charge in [-0.25, -0.2) is 13.1 Å². The van der Waals surface area contributed by atoms with Gasteiger partial charge >= 0.3 is 0 Å². The molecule has 0 saturated carbocycles. The molecule has 0 bridgehead atoms. The van der Waals surface area contributed by atoms with Gasteiger partial charge in [-0.05, 0) is 36.6 Å². The Morgan fingerprint density at radius 3 is 3.05 bits per heavy atom. The van der Waals surface area contributed by atoms with E-state index in [0.717, 1.165) is 24.2 Å². The fourth-order valence-electron chi connectivity index (χ4n) is 2.40. The zero-order valence-electron chi connectivity index (χ0n) is 11.8. The van der Waals surface area contributed by atoms with Crippen molar-refractivity contribution >= 4 is 15.7 Å². The number of aryl methyl sites for hydroxylation is 1. The Labute approximate surface area is 124 Å². The second-order valence-corrected chi connectivity index (χ2v) is 6.94. The predicted octanol–water partition coefficient (Wildman–Crippen LogP) is 1.14. The lowest BCUT2D eigenvalue weighted by Crippen LogP contribution is -2.27. The van der Waals surface area contributed by atoms with Crippen LogP contribution in [0.15, 0.2) is 35.5 Å². The molecule has 6 nitrogen and oxygen atoms in total. The van der Waals surface area contributed by atoms with Crippen LogP contribution in [-0.2, 0) is 23.0 Å². The van der Waals surface area contributed by atoms with Gasteiger partial charge in [0.25, 0.3) is 0 Å². The van der Waals surface area contributed by atoms with Gasteiger partial charge in [-0.3, -0.25) is 4.68 Å². The Hall–Kier alpha value is -1.86. The second kappa shape index (κ2) is 5.50. The van der Waals surface area contributed by atoms with Crippen LogP contribution in [0, 0.1) is 6.92 Å². The minimum absolute atomic E-state index is 0.298. The Morgan fingerprint density at radius 1 is 1.43 bits per heavy atom. The van der Waals surface area contributed by atoms with Crippen LogP contribution in [0.3, 0.4) is 0 Å². The van der Waals surface area contributed by atoms with Crippen molar-refractivity contribution in [3.8, 4) is 0 Å². The van der Waals surface area contributed by atoms with Crippen molar-refractivity contribution in [3.63, 3.8) is 0 Å². The lowest BCUT2D eigenvalue weighted by atomic mass is 10.2. The van der Waals surface area contributed by atoms with E-state index >= 15 is 0 Å². The minimum Gasteiger partial charge on any atom is -0.384 e. The molecule has 0 aliphatic carbocycles. The van der Waals surface area contributed by atoms with Crippen molar-refractivity contribution in [2.24, 2.45) is 0 Å². The van der Waals surface area contributed by atoms with Crippen molar-refractivity contribution in [2.75, 3.05) is 18.4 Å². The van der Waals surface area contributed by atoms with E-state index in [0.29, 0.717) is 18.0 Å². The Balaban J connectivity index is 1.66. The van der Waals surface area contributed by atoms with Crippen LogP contribution >= 0.6 is 0 Å². The van der Waals surface area contributed by atoms with E-state index in [1.54, 1.807) is 23.0 Å². The number of aromatic nitrogens is 2. The van der Waals surface area contributed by atoms with E-state index in [9.17, 15) is 8.42 Å². The van der Waals surface area contributed by atoms with Crippen molar-refractivity contribution in [1.29, 1.82) is 0 Å². The third-order valence-electron chi connectivity index (χ3n) is 3.50. The highest BCUT2D eigenvalue weighted by Gasteiger charge is 2.17. The Kier molecular flexibility index (Phi) is 3.69. The molecule has 2 N–H and O–H groups in total. The zero-order valence-corrected chi connectivity index (χ0v) is 12.7. The summed E-state index contributed by atoms with van der Waals surface area (Å²) in [6.07, 6.45) is 4.58. The monoisotopic (exact) mass is 306 g/mol. The van der Waals surface area contributed by atoms with E-state index in [1.807, 2.05) is 19.2 Å². The van der Waals surface area contributed by atoms with Crippen LogP contribution < -0.4 is 10.0 Å². The molecule has 1 aliphatic rings. The first-order valence-electron chi connectivity index (χ1n) is 6.90. The minimum atomic E-state index is -3.48. The summed E-state index contributed by atoms with van der Waals surface area (Å²) in [5, 5.41) is 7.32. The molecule has 1 aromatic heterocycles. The van der Waals surface area contributed by atoms with Gasteiger partial charge in [-0.1, -0.05) is 6.07 Å². The highest BCUT2D eigenvalue weighted by Crippen LogP contribution is 2.25. The molecule has 0 unspecified atom stereocenters. The quantitative estimate of drug-likeness (QED) is 0.868. The number of hydrogen-bond acceptors (Lipinski definition) is 4. The molecule has 3 rings (SSSR count). The van der Waals surface area contributed by atoms with Crippen molar-refractivity contribution in [1.82, 2.24) is 14.5 Å². The summed E-state index contributed by atoms with van der Waals surface area (Å²) >= 11 is 0.